The standard InChI is InChI=1S/C8H12N2O4S/c1-2-13-3-6-9-7(14-10-6)4-15-5-8(11)12/h2-5H2,1H3,(H,11,12). The third-order valence-corrected chi connectivity index (χ3v) is 2.30. The van der Waals surface area contributed by atoms with Crippen molar-refractivity contribution in [1.82, 2.24) is 10.1 Å². The lowest BCUT2D eigenvalue weighted by molar-refractivity contribution is -0.133. The molecule has 0 spiro atoms. The molecule has 0 amide bonds. The third kappa shape index (κ3) is 4.80. The molecule has 0 aromatic carbocycles. The quantitative estimate of drug-likeness (QED) is 0.748. The second kappa shape index (κ2) is 6.41. The zero-order valence-corrected chi connectivity index (χ0v) is 9.12. The summed E-state index contributed by atoms with van der Waals surface area (Å²) in [5.41, 5.74) is 0. The van der Waals surface area contributed by atoms with Gasteiger partial charge in [-0.25, -0.2) is 0 Å². The predicted molar refractivity (Wildman–Crippen MR) is 53.4 cm³/mol. The van der Waals surface area contributed by atoms with Gasteiger partial charge in [0.05, 0.1) is 11.5 Å². The topological polar surface area (TPSA) is 85.5 Å². The molecule has 6 nitrogen and oxygen atoms in total. The van der Waals surface area contributed by atoms with Crippen molar-refractivity contribution in [2.24, 2.45) is 0 Å². The molecule has 0 saturated heterocycles. The maximum atomic E-state index is 10.2. The van der Waals surface area contributed by atoms with E-state index in [1.165, 1.54) is 11.8 Å². The third-order valence-electron chi connectivity index (χ3n) is 1.40. The number of nitrogens with zero attached hydrogens (tertiary/aromatic N) is 2. The molecule has 1 heterocycles. The molecule has 1 aromatic rings. The number of ether oxygens (including phenoxy) is 1. The minimum atomic E-state index is -0.853. The molecule has 15 heavy (non-hydrogen) atoms. The number of aromatic nitrogens is 2. The van der Waals surface area contributed by atoms with Crippen LogP contribution in [0.5, 0.6) is 0 Å². The van der Waals surface area contributed by atoms with E-state index in [1.807, 2.05) is 6.92 Å². The van der Waals surface area contributed by atoms with E-state index in [2.05, 4.69) is 10.1 Å². The van der Waals surface area contributed by atoms with Crippen LogP contribution in [0.2, 0.25) is 0 Å². The fraction of sp³-hybridized carbons (Fsp3) is 0.625. The highest BCUT2D eigenvalue weighted by Crippen LogP contribution is 2.10. The Morgan fingerprint density at radius 2 is 2.47 bits per heavy atom. The summed E-state index contributed by atoms with van der Waals surface area (Å²) in [5.74, 6) is 0.502. The van der Waals surface area contributed by atoms with Gasteiger partial charge in [-0.3, -0.25) is 4.79 Å². The Morgan fingerprint density at radius 3 is 3.13 bits per heavy atom. The number of carboxylic acid groups (broad SMARTS) is 1. The summed E-state index contributed by atoms with van der Waals surface area (Å²) in [4.78, 5) is 14.3. The van der Waals surface area contributed by atoms with E-state index in [4.69, 9.17) is 14.4 Å². The van der Waals surface area contributed by atoms with E-state index in [0.29, 0.717) is 30.7 Å². The van der Waals surface area contributed by atoms with Gasteiger partial charge in [0.1, 0.15) is 6.61 Å². The fourth-order valence-corrected chi connectivity index (χ4v) is 1.39. The molecule has 84 valence electrons. The van der Waals surface area contributed by atoms with Gasteiger partial charge in [-0.2, -0.15) is 4.98 Å². The van der Waals surface area contributed by atoms with E-state index < -0.39 is 5.97 Å². The maximum absolute atomic E-state index is 10.2. The van der Waals surface area contributed by atoms with Crippen LogP contribution in [-0.2, 0) is 21.9 Å². The molecule has 0 saturated carbocycles. The molecule has 0 bridgehead atoms. The van der Waals surface area contributed by atoms with Crippen LogP contribution in [0.25, 0.3) is 0 Å². The Labute approximate surface area is 91.0 Å². The Hall–Kier alpha value is -1.08. The molecule has 0 atom stereocenters. The molecule has 0 unspecified atom stereocenters. The van der Waals surface area contributed by atoms with Crippen LogP contribution in [0.15, 0.2) is 4.52 Å². The molecule has 0 aliphatic rings. The molecule has 0 radical (unpaired) electrons. The molecule has 1 rings (SSSR count). The highest BCUT2D eigenvalue weighted by Gasteiger charge is 2.07. The summed E-state index contributed by atoms with van der Waals surface area (Å²) >= 11 is 1.22. The van der Waals surface area contributed by atoms with Crippen molar-refractivity contribution in [3.63, 3.8) is 0 Å². The van der Waals surface area contributed by atoms with Crippen molar-refractivity contribution in [2.45, 2.75) is 19.3 Å². The maximum Gasteiger partial charge on any atom is 0.313 e. The summed E-state index contributed by atoms with van der Waals surface area (Å²) in [6.07, 6.45) is 0. The molecule has 0 fully saturated rings. The minimum absolute atomic E-state index is 0.0309. The Balaban J connectivity index is 2.29. The first kappa shape index (κ1) is 12.0. The van der Waals surface area contributed by atoms with Crippen molar-refractivity contribution >= 4 is 17.7 Å². The van der Waals surface area contributed by atoms with Crippen molar-refractivity contribution in [1.29, 1.82) is 0 Å². The van der Waals surface area contributed by atoms with Crippen molar-refractivity contribution in [2.75, 3.05) is 12.4 Å². The average Bonchev–Trinajstić information content (AvgIpc) is 2.62. The molecular formula is C8H12N2O4S. The summed E-state index contributed by atoms with van der Waals surface area (Å²) in [7, 11) is 0. The van der Waals surface area contributed by atoms with Gasteiger partial charge in [0.15, 0.2) is 5.82 Å². The number of carbonyl (C=O) groups is 1. The first-order valence-electron chi connectivity index (χ1n) is 4.41. The molecule has 1 aromatic heterocycles. The second-order valence-corrected chi connectivity index (χ2v) is 3.61. The normalized spacial score (nSPS) is 10.5. The summed E-state index contributed by atoms with van der Waals surface area (Å²) in [6, 6.07) is 0. The van der Waals surface area contributed by atoms with Gasteiger partial charge in [-0.1, -0.05) is 5.16 Å². The Bertz CT molecular complexity index is 315. The van der Waals surface area contributed by atoms with Crippen molar-refractivity contribution in [3.05, 3.63) is 11.7 Å². The van der Waals surface area contributed by atoms with Crippen LogP contribution in [-0.4, -0.2) is 33.6 Å². The summed E-state index contributed by atoms with van der Waals surface area (Å²) in [6.45, 7) is 2.80. The molecule has 1 N–H and O–H groups in total. The lowest BCUT2D eigenvalue weighted by atomic mass is 10.6. The second-order valence-electron chi connectivity index (χ2n) is 2.63. The average molecular weight is 232 g/mol. The van der Waals surface area contributed by atoms with Gasteiger partial charge in [-0.05, 0) is 6.92 Å². The van der Waals surface area contributed by atoms with Crippen LogP contribution in [0, 0.1) is 0 Å². The predicted octanol–water partition coefficient (Wildman–Crippen LogP) is 0.924. The van der Waals surface area contributed by atoms with Crippen LogP contribution in [0.4, 0.5) is 0 Å². The zero-order valence-electron chi connectivity index (χ0n) is 8.30. The Kier molecular flexibility index (Phi) is 5.13. The number of carboxylic acids is 1. The molecule has 0 aliphatic carbocycles. The van der Waals surface area contributed by atoms with Gasteiger partial charge in [0, 0.05) is 6.61 Å². The lowest BCUT2D eigenvalue weighted by Gasteiger charge is -1.92. The smallest absolute Gasteiger partial charge is 0.313 e. The SMILES string of the molecule is CCOCc1noc(CSCC(=O)O)n1. The van der Waals surface area contributed by atoms with E-state index in [0.717, 1.165) is 0 Å². The van der Waals surface area contributed by atoms with Crippen LogP contribution in [0.3, 0.4) is 0 Å². The highest BCUT2D eigenvalue weighted by atomic mass is 32.2. The first-order chi connectivity index (χ1) is 7.22. The van der Waals surface area contributed by atoms with Gasteiger partial charge in [0.2, 0.25) is 5.89 Å². The lowest BCUT2D eigenvalue weighted by Crippen LogP contribution is -1.98. The van der Waals surface area contributed by atoms with E-state index >= 15 is 0 Å². The first-order valence-corrected chi connectivity index (χ1v) is 5.56. The molecule has 7 heteroatoms. The van der Waals surface area contributed by atoms with E-state index in [9.17, 15) is 4.79 Å². The monoisotopic (exact) mass is 232 g/mol. The van der Waals surface area contributed by atoms with Gasteiger partial charge in [0.25, 0.3) is 0 Å². The minimum Gasteiger partial charge on any atom is -0.481 e. The number of thioether (sulfide) groups is 1. The van der Waals surface area contributed by atoms with Gasteiger partial charge < -0.3 is 14.4 Å². The van der Waals surface area contributed by atoms with Crippen molar-refractivity contribution in [3.8, 4) is 0 Å². The molecule has 0 aliphatic heterocycles. The van der Waals surface area contributed by atoms with Crippen LogP contribution in [0.1, 0.15) is 18.6 Å². The van der Waals surface area contributed by atoms with Crippen LogP contribution < -0.4 is 0 Å². The summed E-state index contributed by atoms with van der Waals surface area (Å²) < 4.78 is 9.98. The fourth-order valence-electron chi connectivity index (χ4n) is 0.826. The van der Waals surface area contributed by atoms with Crippen molar-refractivity contribution < 1.29 is 19.2 Å². The molecular weight excluding hydrogens is 220 g/mol. The van der Waals surface area contributed by atoms with Gasteiger partial charge >= 0.3 is 5.97 Å². The number of hydrogen-bond acceptors (Lipinski definition) is 6. The Morgan fingerprint density at radius 1 is 1.67 bits per heavy atom. The number of aliphatic carboxylic acids is 1. The zero-order chi connectivity index (χ0) is 11.1. The van der Waals surface area contributed by atoms with Crippen LogP contribution >= 0.6 is 11.8 Å². The van der Waals surface area contributed by atoms with E-state index in [1.54, 1.807) is 0 Å². The number of rotatable bonds is 7. The van der Waals surface area contributed by atoms with E-state index in [-0.39, 0.29) is 5.75 Å². The highest BCUT2D eigenvalue weighted by molar-refractivity contribution is 7.99. The number of hydrogen-bond donors (Lipinski definition) is 1. The largest absolute Gasteiger partial charge is 0.481 e. The van der Waals surface area contributed by atoms with Gasteiger partial charge in [-0.15, -0.1) is 11.8 Å². The summed E-state index contributed by atoms with van der Waals surface area (Å²) in [5, 5.41) is 12.1.